The number of amides is 2. The number of aromatic nitrogens is 3. The zero-order chi connectivity index (χ0) is 22.9. The Morgan fingerprint density at radius 3 is 2.94 bits per heavy atom. The first-order chi connectivity index (χ1) is 15.3. The molecule has 2 aromatic rings. The van der Waals surface area contributed by atoms with Crippen LogP contribution in [0.4, 0.5) is 0 Å². The summed E-state index contributed by atoms with van der Waals surface area (Å²) in [5, 5.41) is 17.7. The van der Waals surface area contributed by atoms with E-state index in [-0.39, 0.29) is 29.3 Å². The van der Waals surface area contributed by atoms with Crippen molar-refractivity contribution >= 4 is 69.9 Å². The summed E-state index contributed by atoms with van der Waals surface area (Å²) in [4.78, 5) is 52.2. The zero-order valence-electron chi connectivity index (χ0n) is 16.9. The van der Waals surface area contributed by atoms with Crippen LogP contribution in [0.3, 0.4) is 0 Å². The number of carboxylic acid groups (broad SMARTS) is 1. The molecule has 0 aromatic carbocycles. The second-order valence-electron chi connectivity index (χ2n) is 7.10. The number of β-lactam (4-membered cyclic amide) rings is 1. The number of thiazole rings is 1. The lowest BCUT2D eigenvalue weighted by molar-refractivity contribution is -0.157. The highest BCUT2D eigenvalue weighted by molar-refractivity contribution is 8.01. The molecule has 0 bridgehead atoms. The first-order valence-corrected chi connectivity index (χ1v) is 13.0. The molecule has 2 aliphatic heterocycles. The maximum Gasteiger partial charge on any atom is 0.313 e. The van der Waals surface area contributed by atoms with Gasteiger partial charge in [-0.1, -0.05) is 16.9 Å². The lowest BCUT2D eigenvalue weighted by atomic mass is 9.89. The van der Waals surface area contributed by atoms with Gasteiger partial charge in [-0.2, -0.15) is 4.37 Å². The van der Waals surface area contributed by atoms with E-state index in [9.17, 15) is 19.5 Å². The lowest BCUT2D eigenvalue weighted by Crippen LogP contribution is -2.74. The van der Waals surface area contributed by atoms with Gasteiger partial charge in [0.15, 0.2) is 10.1 Å². The minimum Gasteiger partial charge on any atom is -0.481 e. The molecule has 170 valence electrons. The number of rotatable bonds is 8. The van der Waals surface area contributed by atoms with Gasteiger partial charge in [0.1, 0.15) is 35.5 Å². The number of nitrogens with one attached hydrogen (secondary N) is 1. The number of carbonyl (C=O) groups excluding carboxylic acids is 2. The third kappa shape index (κ3) is 4.33. The van der Waals surface area contributed by atoms with Gasteiger partial charge in [0.25, 0.3) is 5.91 Å². The molecule has 0 saturated carbocycles. The largest absolute Gasteiger partial charge is 0.481 e. The van der Waals surface area contributed by atoms with Crippen LogP contribution in [-0.4, -0.2) is 84.4 Å². The van der Waals surface area contributed by atoms with Gasteiger partial charge in [-0.15, -0.1) is 23.1 Å². The van der Waals surface area contributed by atoms with Crippen molar-refractivity contribution in [2.24, 2.45) is 10.6 Å². The molecule has 2 amide bonds. The highest BCUT2D eigenvalue weighted by atomic mass is 32.2. The van der Waals surface area contributed by atoms with Crippen LogP contribution < -0.4 is 5.32 Å². The van der Waals surface area contributed by atoms with Gasteiger partial charge in [0.05, 0.1) is 5.51 Å². The number of carboxylic acids is 1. The third-order valence-electron chi connectivity index (χ3n) is 4.94. The van der Waals surface area contributed by atoms with Gasteiger partial charge in [-0.25, -0.2) is 9.97 Å². The fourth-order valence-electron chi connectivity index (χ4n) is 3.28. The van der Waals surface area contributed by atoms with Crippen LogP contribution >= 0.6 is 46.4 Å². The lowest BCUT2D eigenvalue weighted by Gasteiger charge is -2.53. The van der Waals surface area contributed by atoms with E-state index in [1.54, 1.807) is 17.8 Å². The van der Waals surface area contributed by atoms with E-state index in [0.717, 1.165) is 0 Å². The molecule has 32 heavy (non-hydrogen) atoms. The average molecular weight is 515 g/mol. The van der Waals surface area contributed by atoms with Crippen LogP contribution in [0.5, 0.6) is 0 Å². The van der Waals surface area contributed by atoms with E-state index >= 15 is 0 Å². The van der Waals surface area contributed by atoms with Crippen molar-refractivity contribution < 1.29 is 24.3 Å². The molecule has 2 saturated heterocycles. The summed E-state index contributed by atoms with van der Waals surface area (Å²) in [6.45, 7) is 1.85. The van der Waals surface area contributed by atoms with Crippen LogP contribution in [0, 0.1) is 12.3 Å². The Morgan fingerprint density at radius 2 is 2.31 bits per heavy atom. The monoisotopic (exact) mass is 514 g/mol. The highest BCUT2D eigenvalue weighted by Gasteiger charge is 2.57. The minimum atomic E-state index is -1.11. The predicted octanol–water partition coefficient (Wildman–Crippen LogP) is 0.917. The summed E-state index contributed by atoms with van der Waals surface area (Å²) in [6.07, 6.45) is 0. The Hall–Kier alpha value is -2.23. The Morgan fingerprint density at radius 1 is 1.50 bits per heavy atom. The summed E-state index contributed by atoms with van der Waals surface area (Å²) >= 11 is 5.20. The van der Waals surface area contributed by atoms with Gasteiger partial charge in [-0.3, -0.25) is 14.4 Å². The average Bonchev–Trinajstić information content (AvgIpc) is 3.45. The number of aryl methyl sites for hydroxylation is 1. The number of oxime groups is 1. The second-order valence-corrected chi connectivity index (χ2v) is 10.9. The topological polar surface area (TPSA) is 147 Å². The quantitative estimate of drug-likeness (QED) is 0.225. The Balaban J connectivity index is 1.42. The number of hydrogen-bond donors (Lipinski definition) is 2. The zero-order valence-corrected chi connectivity index (χ0v) is 20.1. The van der Waals surface area contributed by atoms with Crippen LogP contribution in [0.2, 0.25) is 0 Å². The first-order valence-electron chi connectivity index (χ1n) is 9.24. The maximum atomic E-state index is 12.8. The van der Waals surface area contributed by atoms with Crippen molar-refractivity contribution in [3.05, 3.63) is 22.4 Å². The molecule has 2 N–H and O–H groups in total. The van der Waals surface area contributed by atoms with Crippen molar-refractivity contribution in [1.82, 2.24) is 24.6 Å². The van der Waals surface area contributed by atoms with Crippen molar-refractivity contribution in [1.29, 1.82) is 0 Å². The Labute approximate surface area is 199 Å². The standard InChI is InChI=1S/C17H18N6O5S4/c1-8-19-16(32-22-8)31-6-17(15(26)27)4-23-13(25)11(14(23)30-5-17)20-12(24)10(21-28-2)9-3-29-7-18-9/h3,7,11,14H,4-6H2,1-2H3,(H,20,24)(H,26,27)/t11?,14-,17?/m1/s1. The van der Waals surface area contributed by atoms with Crippen molar-refractivity contribution in [3.8, 4) is 0 Å². The Kier molecular flexibility index (Phi) is 6.69. The summed E-state index contributed by atoms with van der Waals surface area (Å²) in [5.41, 5.74) is 0.778. The predicted molar refractivity (Wildman–Crippen MR) is 121 cm³/mol. The molecule has 0 spiro atoms. The summed E-state index contributed by atoms with van der Waals surface area (Å²) in [7, 11) is 1.32. The summed E-state index contributed by atoms with van der Waals surface area (Å²) in [6, 6.07) is -0.765. The summed E-state index contributed by atoms with van der Waals surface area (Å²) < 4.78 is 4.81. The Bertz CT molecular complexity index is 1060. The van der Waals surface area contributed by atoms with Gasteiger partial charge >= 0.3 is 5.97 Å². The van der Waals surface area contributed by atoms with Crippen LogP contribution in [0.1, 0.15) is 11.5 Å². The number of thioether (sulfide) groups is 2. The normalized spacial score (nSPS) is 25.1. The minimum absolute atomic E-state index is 0.0237. The van der Waals surface area contributed by atoms with Gasteiger partial charge in [0.2, 0.25) is 5.91 Å². The fourth-order valence-corrected chi connectivity index (χ4v) is 7.32. The van der Waals surface area contributed by atoms with Crippen LogP contribution in [0.15, 0.2) is 20.4 Å². The van der Waals surface area contributed by atoms with Crippen LogP contribution in [0.25, 0.3) is 0 Å². The van der Waals surface area contributed by atoms with E-state index in [0.29, 0.717) is 21.6 Å². The number of hydrogen-bond acceptors (Lipinski definition) is 12. The first kappa shape index (κ1) is 22.9. The van der Waals surface area contributed by atoms with E-state index in [1.165, 1.54) is 58.4 Å². The SMILES string of the molecule is CON=C(C(=O)NC1C(=O)N2CC(CSc3nc(C)ns3)(C(=O)O)CS[C@H]12)c1cscn1. The fraction of sp³-hybridized carbons (Fsp3) is 0.471. The molecule has 4 heterocycles. The molecule has 0 radical (unpaired) electrons. The van der Waals surface area contributed by atoms with Gasteiger partial charge in [0, 0.05) is 23.4 Å². The van der Waals surface area contributed by atoms with E-state index in [1.807, 2.05) is 0 Å². The third-order valence-corrected chi connectivity index (χ3v) is 9.33. The maximum absolute atomic E-state index is 12.8. The number of fused-ring (bicyclic) bond motifs is 1. The molecule has 2 fully saturated rings. The van der Waals surface area contributed by atoms with Crippen molar-refractivity contribution in [2.75, 3.05) is 25.2 Å². The number of aliphatic carboxylic acids is 1. The highest BCUT2D eigenvalue weighted by Crippen LogP contribution is 2.44. The van der Waals surface area contributed by atoms with E-state index in [4.69, 9.17) is 4.84 Å². The van der Waals surface area contributed by atoms with Crippen LogP contribution in [-0.2, 0) is 19.2 Å². The molecule has 3 atom stereocenters. The molecular formula is C17H18N6O5S4. The molecule has 2 aromatic heterocycles. The molecule has 15 heteroatoms. The van der Waals surface area contributed by atoms with Gasteiger partial charge in [-0.05, 0) is 18.5 Å². The van der Waals surface area contributed by atoms with E-state index in [2.05, 4.69) is 24.8 Å². The molecule has 2 unspecified atom stereocenters. The second kappa shape index (κ2) is 9.33. The summed E-state index contributed by atoms with van der Waals surface area (Å²) in [5.74, 6) is -0.645. The molecular weight excluding hydrogens is 496 g/mol. The molecule has 0 aliphatic carbocycles. The smallest absolute Gasteiger partial charge is 0.313 e. The number of nitrogens with zero attached hydrogens (tertiary/aromatic N) is 5. The molecule has 2 aliphatic rings. The van der Waals surface area contributed by atoms with Crippen molar-refractivity contribution in [2.45, 2.75) is 22.7 Å². The van der Waals surface area contributed by atoms with E-state index < -0.39 is 23.3 Å². The van der Waals surface area contributed by atoms with Crippen molar-refractivity contribution in [3.63, 3.8) is 0 Å². The number of carbonyl (C=O) groups is 3. The molecule has 11 nitrogen and oxygen atoms in total. The van der Waals surface area contributed by atoms with Gasteiger partial charge < -0.3 is 20.2 Å². The molecule has 4 rings (SSSR count).